The Hall–Kier alpha value is -4.23. The zero-order valence-electron chi connectivity index (χ0n) is 28.2. The second-order valence-corrected chi connectivity index (χ2v) is 13.2. The lowest BCUT2D eigenvalue weighted by Gasteiger charge is -2.35. The van der Waals surface area contributed by atoms with Crippen LogP contribution in [0.25, 0.3) is 22.3 Å². The Morgan fingerprint density at radius 3 is 2.47 bits per heavy atom. The molecule has 1 saturated heterocycles. The van der Waals surface area contributed by atoms with E-state index >= 15 is 8.78 Å². The summed E-state index contributed by atoms with van der Waals surface area (Å²) in [6.45, 7) is 15.3. The summed E-state index contributed by atoms with van der Waals surface area (Å²) >= 11 is 0. The number of benzene rings is 1. The van der Waals surface area contributed by atoms with Crippen LogP contribution < -0.4 is 10.2 Å². The van der Waals surface area contributed by atoms with Gasteiger partial charge in [-0.15, -0.1) is 0 Å². The molecule has 1 aromatic carbocycles. The first kappa shape index (κ1) is 34.1. The molecule has 1 N–H and O–H groups in total. The molecule has 4 aromatic rings. The van der Waals surface area contributed by atoms with Gasteiger partial charge in [0.25, 0.3) is 0 Å². The van der Waals surface area contributed by atoms with E-state index in [9.17, 15) is 4.79 Å². The highest BCUT2D eigenvalue weighted by Crippen LogP contribution is 2.31. The fourth-order valence-corrected chi connectivity index (χ4v) is 5.90. The number of halogens is 2. The van der Waals surface area contributed by atoms with E-state index in [-0.39, 0.29) is 28.8 Å². The molecule has 47 heavy (non-hydrogen) atoms. The summed E-state index contributed by atoms with van der Waals surface area (Å²) in [6.07, 6.45) is 4.10. The van der Waals surface area contributed by atoms with Gasteiger partial charge in [0, 0.05) is 31.8 Å². The lowest BCUT2D eigenvalue weighted by Crippen LogP contribution is -2.43. The number of nitrogens with zero attached hydrogens (tertiary/aromatic N) is 7. The first-order chi connectivity index (χ1) is 22.3. The number of amides is 1. The summed E-state index contributed by atoms with van der Waals surface area (Å²) < 4.78 is 43.0. The van der Waals surface area contributed by atoms with Gasteiger partial charge in [0.15, 0.2) is 11.6 Å². The number of nitrogens with one attached hydrogen (secondary N) is 1. The Labute approximate surface area is 274 Å². The van der Waals surface area contributed by atoms with Crippen molar-refractivity contribution in [3.05, 3.63) is 54.1 Å². The standard InChI is InChI=1S/C34H44F2N8O3/c1-21(2)44-22(3)39-31-26(35)16-24(17-28(31)44)30-27(36)19-38-32(41-30)40-29-9-8-25(18-37-29)43(33(45)47-34(4,5)6)20-23-10-12-42(13-11-23)14-15-46-7/h8-9,16-19,21,23H,10-15,20H2,1-7H3,(H,37,38,40,41). The number of ether oxygens (including phenoxy) is 2. The Morgan fingerprint density at radius 2 is 1.83 bits per heavy atom. The summed E-state index contributed by atoms with van der Waals surface area (Å²) in [7, 11) is 1.71. The Kier molecular flexibility index (Phi) is 10.4. The van der Waals surface area contributed by atoms with Crippen molar-refractivity contribution in [3.8, 4) is 11.3 Å². The highest BCUT2D eigenvalue weighted by Gasteiger charge is 2.28. The average Bonchev–Trinajstić information content (AvgIpc) is 3.36. The monoisotopic (exact) mass is 650 g/mol. The van der Waals surface area contributed by atoms with Gasteiger partial charge in [-0.2, -0.15) is 0 Å². The molecule has 0 bridgehead atoms. The molecule has 13 heteroatoms. The number of anilines is 3. The molecule has 0 aliphatic carbocycles. The van der Waals surface area contributed by atoms with Gasteiger partial charge >= 0.3 is 6.09 Å². The molecular weight excluding hydrogens is 606 g/mol. The Morgan fingerprint density at radius 1 is 1.09 bits per heavy atom. The van der Waals surface area contributed by atoms with Crippen molar-refractivity contribution < 1.29 is 23.0 Å². The van der Waals surface area contributed by atoms with Gasteiger partial charge in [-0.25, -0.2) is 33.5 Å². The van der Waals surface area contributed by atoms with E-state index < -0.39 is 23.3 Å². The first-order valence-electron chi connectivity index (χ1n) is 16.0. The summed E-state index contributed by atoms with van der Waals surface area (Å²) in [5, 5.41) is 3.00. The molecule has 3 aromatic heterocycles. The minimum atomic E-state index is -0.692. The third-order valence-electron chi connectivity index (χ3n) is 8.13. The minimum absolute atomic E-state index is 0.0292. The van der Waals surface area contributed by atoms with Crippen LogP contribution in [0.5, 0.6) is 0 Å². The maximum Gasteiger partial charge on any atom is 0.414 e. The number of likely N-dealkylation sites (tertiary alicyclic amines) is 1. The van der Waals surface area contributed by atoms with Crippen LogP contribution in [0, 0.1) is 24.5 Å². The van der Waals surface area contributed by atoms with Crippen LogP contribution in [-0.2, 0) is 9.47 Å². The number of pyridine rings is 1. The van der Waals surface area contributed by atoms with Crippen molar-refractivity contribution >= 4 is 34.6 Å². The molecule has 4 heterocycles. The molecule has 252 valence electrons. The van der Waals surface area contributed by atoms with E-state index in [4.69, 9.17) is 9.47 Å². The Bertz CT molecular complexity index is 1700. The van der Waals surface area contributed by atoms with E-state index in [2.05, 4.69) is 30.2 Å². The molecule has 0 spiro atoms. The lowest BCUT2D eigenvalue weighted by molar-refractivity contribution is 0.0566. The number of carbonyl (C=O) groups excluding carboxylic acids is 1. The van der Waals surface area contributed by atoms with Gasteiger partial charge in [0.2, 0.25) is 5.95 Å². The maximum absolute atomic E-state index is 15.1. The van der Waals surface area contributed by atoms with Crippen molar-refractivity contribution in [1.29, 1.82) is 0 Å². The van der Waals surface area contributed by atoms with Crippen LogP contribution in [0.2, 0.25) is 0 Å². The van der Waals surface area contributed by atoms with Crippen molar-refractivity contribution in [3.63, 3.8) is 0 Å². The molecule has 1 aliphatic heterocycles. The van der Waals surface area contributed by atoms with Gasteiger partial charge in [-0.3, -0.25) is 4.90 Å². The highest BCUT2D eigenvalue weighted by atomic mass is 19.1. The number of aromatic nitrogens is 5. The number of aryl methyl sites for hydroxylation is 1. The van der Waals surface area contributed by atoms with E-state index in [1.807, 2.05) is 46.1 Å². The second kappa shape index (κ2) is 14.3. The molecule has 5 rings (SSSR count). The van der Waals surface area contributed by atoms with E-state index in [1.54, 1.807) is 36.4 Å². The molecule has 0 atom stereocenters. The SMILES string of the molecule is COCCN1CCC(CN(C(=O)OC(C)(C)C)c2ccc(Nc3ncc(F)c(-c4cc(F)c5nc(C)n(C(C)C)c5c4)n3)nc2)CC1. The zero-order chi connectivity index (χ0) is 33.9. The van der Waals surface area contributed by atoms with Crippen molar-refractivity contribution in [2.75, 3.05) is 50.1 Å². The van der Waals surface area contributed by atoms with Crippen LogP contribution in [0.1, 0.15) is 59.3 Å². The number of rotatable bonds is 10. The number of carbonyl (C=O) groups is 1. The van der Waals surface area contributed by atoms with E-state index in [0.29, 0.717) is 41.9 Å². The number of imidazole rings is 1. The molecule has 1 fully saturated rings. The summed E-state index contributed by atoms with van der Waals surface area (Å²) in [5.74, 6) is 0.187. The number of piperidine rings is 1. The van der Waals surface area contributed by atoms with Gasteiger partial charge < -0.3 is 24.3 Å². The van der Waals surface area contributed by atoms with Crippen molar-refractivity contribution in [1.82, 2.24) is 29.4 Å². The van der Waals surface area contributed by atoms with Crippen molar-refractivity contribution in [2.45, 2.75) is 66.0 Å². The normalized spacial score (nSPS) is 14.6. The molecule has 0 radical (unpaired) electrons. The quantitative estimate of drug-likeness (QED) is 0.196. The van der Waals surface area contributed by atoms with Gasteiger partial charge in [-0.05, 0) is 97.7 Å². The molecule has 0 unspecified atom stereocenters. The maximum atomic E-state index is 15.1. The van der Waals surface area contributed by atoms with Crippen LogP contribution in [0.15, 0.2) is 36.7 Å². The van der Waals surface area contributed by atoms with Crippen LogP contribution in [0.3, 0.4) is 0 Å². The second-order valence-electron chi connectivity index (χ2n) is 13.2. The topological polar surface area (TPSA) is 111 Å². The molecule has 1 aliphatic rings. The van der Waals surface area contributed by atoms with Crippen LogP contribution >= 0.6 is 0 Å². The fraction of sp³-hybridized carbons (Fsp3) is 0.500. The Balaban J connectivity index is 1.35. The van der Waals surface area contributed by atoms with Gasteiger partial charge in [0.1, 0.15) is 28.5 Å². The van der Waals surface area contributed by atoms with E-state index in [0.717, 1.165) is 38.7 Å². The third kappa shape index (κ3) is 8.20. The first-order valence-corrected chi connectivity index (χ1v) is 16.0. The molecule has 1 amide bonds. The molecule has 0 saturated carbocycles. The van der Waals surface area contributed by atoms with E-state index in [1.165, 1.54) is 6.07 Å². The number of hydrogen-bond donors (Lipinski definition) is 1. The number of fused-ring (bicyclic) bond motifs is 1. The zero-order valence-corrected chi connectivity index (χ0v) is 28.2. The average molecular weight is 651 g/mol. The van der Waals surface area contributed by atoms with Crippen LogP contribution in [-0.4, -0.2) is 81.0 Å². The van der Waals surface area contributed by atoms with Gasteiger partial charge in [-0.1, -0.05) is 0 Å². The molecular formula is C34H44F2N8O3. The summed E-state index contributed by atoms with van der Waals surface area (Å²) in [6, 6.07) is 6.42. The summed E-state index contributed by atoms with van der Waals surface area (Å²) in [4.78, 5) is 34.6. The van der Waals surface area contributed by atoms with Crippen molar-refractivity contribution in [2.24, 2.45) is 5.92 Å². The number of methoxy groups -OCH3 is 1. The predicted octanol–water partition coefficient (Wildman–Crippen LogP) is 6.90. The lowest BCUT2D eigenvalue weighted by atomic mass is 9.96. The third-order valence-corrected chi connectivity index (χ3v) is 8.13. The number of hydrogen-bond acceptors (Lipinski definition) is 9. The summed E-state index contributed by atoms with van der Waals surface area (Å²) in [5.41, 5.74) is 0.923. The predicted molar refractivity (Wildman–Crippen MR) is 178 cm³/mol. The fourth-order valence-electron chi connectivity index (χ4n) is 5.90. The molecule has 11 nitrogen and oxygen atoms in total. The highest BCUT2D eigenvalue weighted by molar-refractivity contribution is 5.88. The minimum Gasteiger partial charge on any atom is -0.443 e. The van der Waals surface area contributed by atoms with Crippen LogP contribution in [0.4, 0.5) is 31.0 Å². The largest absolute Gasteiger partial charge is 0.443 e. The van der Waals surface area contributed by atoms with Gasteiger partial charge in [0.05, 0.1) is 30.2 Å². The smallest absolute Gasteiger partial charge is 0.414 e.